The molecule has 94 valence electrons. The zero-order chi connectivity index (χ0) is 12.7. The number of carbonyl (C=O) groups is 1. The molecule has 0 bridgehead atoms. The fraction of sp³-hybridized carbons (Fsp3) is 0.533. The van der Waals surface area contributed by atoms with Crippen molar-refractivity contribution < 1.29 is 9.90 Å². The second kappa shape index (κ2) is 7.10. The summed E-state index contributed by atoms with van der Waals surface area (Å²) in [6, 6.07) is 7.19. The van der Waals surface area contributed by atoms with Gasteiger partial charge >= 0.3 is 0 Å². The van der Waals surface area contributed by atoms with Crippen LogP contribution >= 0.6 is 0 Å². The quantitative estimate of drug-likeness (QED) is 0.726. The first-order valence-electron chi connectivity index (χ1n) is 6.48. The Morgan fingerprint density at radius 2 is 2.00 bits per heavy atom. The standard InChI is InChI=1S/C15H22O2/c1-3-5-8-12(4-2)11-13-9-6-7-10-14(13)15(16)17/h6-7,9-10,12H,3-5,8,11H2,1-2H3,(H,16,17)/p-1. The number of rotatable bonds is 7. The van der Waals surface area contributed by atoms with Crippen LogP contribution in [0.25, 0.3) is 0 Å². The summed E-state index contributed by atoms with van der Waals surface area (Å²) in [5.41, 5.74) is 1.26. The monoisotopic (exact) mass is 233 g/mol. The van der Waals surface area contributed by atoms with Gasteiger partial charge in [0.15, 0.2) is 0 Å². The van der Waals surface area contributed by atoms with Crippen LogP contribution in [0.3, 0.4) is 0 Å². The van der Waals surface area contributed by atoms with Crippen LogP contribution in [-0.2, 0) is 6.42 Å². The van der Waals surface area contributed by atoms with Gasteiger partial charge < -0.3 is 9.90 Å². The maximum Gasteiger partial charge on any atom is 0.0718 e. The SMILES string of the molecule is CCCCC(CC)Cc1ccccc1C(=O)[O-]. The molecule has 1 atom stereocenters. The van der Waals surface area contributed by atoms with Crippen molar-refractivity contribution >= 4 is 5.97 Å². The predicted molar refractivity (Wildman–Crippen MR) is 67.8 cm³/mol. The van der Waals surface area contributed by atoms with E-state index in [9.17, 15) is 9.90 Å². The average molecular weight is 233 g/mol. The smallest absolute Gasteiger partial charge is 0.0718 e. The van der Waals surface area contributed by atoms with Crippen molar-refractivity contribution in [3.8, 4) is 0 Å². The van der Waals surface area contributed by atoms with Gasteiger partial charge in [0, 0.05) is 5.56 Å². The lowest BCUT2D eigenvalue weighted by molar-refractivity contribution is -0.255. The highest BCUT2D eigenvalue weighted by molar-refractivity contribution is 5.87. The second-order valence-electron chi connectivity index (χ2n) is 4.57. The molecule has 2 heteroatoms. The molecule has 1 rings (SSSR count). The summed E-state index contributed by atoms with van der Waals surface area (Å²) in [4.78, 5) is 11.0. The van der Waals surface area contributed by atoms with Gasteiger partial charge in [-0.15, -0.1) is 0 Å². The summed E-state index contributed by atoms with van der Waals surface area (Å²) in [5, 5.41) is 11.0. The molecule has 0 aromatic heterocycles. The average Bonchev–Trinajstić information content (AvgIpc) is 2.34. The molecule has 0 aliphatic carbocycles. The molecule has 0 N–H and O–H groups in total. The van der Waals surface area contributed by atoms with Gasteiger partial charge in [-0.25, -0.2) is 0 Å². The van der Waals surface area contributed by atoms with Crippen LogP contribution in [0.15, 0.2) is 24.3 Å². The minimum absolute atomic E-state index is 0.349. The van der Waals surface area contributed by atoms with E-state index in [2.05, 4.69) is 13.8 Å². The molecule has 0 radical (unpaired) electrons. The van der Waals surface area contributed by atoms with Crippen molar-refractivity contribution in [2.75, 3.05) is 0 Å². The van der Waals surface area contributed by atoms with Crippen LogP contribution in [0.5, 0.6) is 0 Å². The lowest BCUT2D eigenvalue weighted by Crippen LogP contribution is -2.24. The van der Waals surface area contributed by atoms with Crippen LogP contribution in [0.2, 0.25) is 0 Å². The molecule has 2 nitrogen and oxygen atoms in total. The molecule has 1 aromatic carbocycles. The van der Waals surface area contributed by atoms with E-state index in [0.29, 0.717) is 11.5 Å². The summed E-state index contributed by atoms with van der Waals surface area (Å²) in [6.07, 6.45) is 5.53. The molecule has 17 heavy (non-hydrogen) atoms. The van der Waals surface area contributed by atoms with Gasteiger partial charge in [0.05, 0.1) is 5.97 Å². The third-order valence-electron chi connectivity index (χ3n) is 3.29. The third-order valence-corrected chi connectivity index (χ3v) is 3.29. The van der Waals surface area contributed by atoms with Crippen LogP contribution < -0.4 is 5.11 Å². The number of unbranched alkanes of at least 4 members (excludes halogenated alkanes) is 1. The predicted octanol–water partition coefficient (Wildman–Crippen LogP) is 2.81. The van der Waals surface area contributed by atoms with Gasteiger partial charge in [-0.2, -0.15) is 0 Å². The number of carboxylic acid groups (broad SMARTS) is 1. The summed E-state index contributed by atoms with van der Waals surface area (Å²) in [5.74, 6) is -0.485. The van der Waals surface area contributed by atoms with Crippen molar-refractivity contribution in [1.29, 1.82) is 0 Å². The molecule has 0 fully saturated rings. The minimum atomic E-state index is -1.06. The fourth-order valence-corrected chi connectivity index (χ4v) is 2.15. The number of carbonyl (C=O) groups excluding carboxylic acids is 1. The highest BCUT2D eigenvalue weighted by atomic mass is 16.4. The zero-order valence-corrected chi connectivity index (χ0v) is 10.7. The Hall–Kier alpha value is -1.31. The summed E-state index contributed by atoms with van der Waals surface area (Å²) >= 11 is 0. The van der Waals surface area contributed by atoms with Gasteiger partial charge in [0.2, 0.25) is 0 Å². The van der Waals surface area contributed by atoms with E-state index in [1.54, 1.807) is 12.1 Å². The normalized spacial score (nSPS) is 12.4. The Balaban J connectivity index is 2.75. The Morgan fingerprint density at radius 1 is 1.29 bits per heavy atom. The summed E-state index contributed by atoms with van der Waals surface area (Å²) < 4.78 is 0. The summed E-state index contributed by atoms with van der Waals surface area (Å²) in [7, 11) is 0. The molecular weight excluding hydrogens is 212 g/mol. The maximum absolute atomic E-state index is 11.0. The first kappa shape index (κ1) is 13.8. The molecule has 0 aliphatic heterocycles. The molecule has 1 aromatic rings. The van der Waals surface area contributed by atoms with Crippen LogP contribution in [0, 0.1) is 5.92 Å². The third kappa shape index (κ3) is 4.22. The molecule has 0 aliphatic rings. The lowest BCUT2D eigenvalue weighted by Gasteiger charge is -2.17. The Kier molecular flexibility index (Phi) is 5.75. The zero-order valence-electron chi connectivity index (χ0n) is 10.7. The molecule has 0 spiro atoms. The van der Waals surface area contributed by atoms with E-state index in [-0.39, 0.29) is 0 Å². The lowest BCUT2D eigenvalue weighted by atomic mass is 9.90. The van der Waals surface area contributed by atoms with E-state index < -0.39 is 5.97 Å². The van der Waals surface area contributed by atoms with Crippen molar-refractivity contribution in [2.45, 2.75) is 46.0 Å². The van der Waals surface area contributed by atoms with Gasteiger partial charge in [0.25, 0.3) is 0 Å². The summed E-state index contributed by atoms with van der Waals surface area (Å²) in [6.45, 7) is 4.35. The van der Waals surface area contributed by atoms with Crippen molar-refractivity contribution in [3.63, 3.8) is 0 Å². The molecule has 0 saturated heterocycles. The largest absolute Gasteiger partial charge is 0.545 e. The number of hydrogen-bond acceptors (Lipinski definition) is 2. The number of carboxylic acids is 1. The van der Waals surface area contributed by atoms with Crippen molar-refractivity contribution in [2.24, 2.45) is 5.92 Å². The molecule has 0 saturated carbocycles. The van der Waals surface area contributed by atoms with Gasteiger partial charge in [-0.05, 0) is 17.9 Å². The van der Waals surface area contributed by atoms with Gasteiger partial charge in [-0.1, -0.05) is 63.8 Å². The second-order valence-corrected chi connectivity index (χ2v) is 4.57. The van der Waals surface area contributed by atoms with Gasteiger partial charge in [0.1, 0.15) is 0 Å². The first-order valence-corrected chi connectivity index (χ1v) is 6.48. The fourth-order valence-electron chi connectivity index (χ4n) is 2.15. The van der Waals surface area contributed by atoms with Crippen molar-refractivity contribution in [1.82, 2.24) is 0 Å². The molecule has 0 amide bonds. The van der Waals surface area contributed by atoms with Crippen LogP contribution in [0.4, 0.5) is 0 Å². The number of hydrogen-bond donors (Lipinski definition) is 0. The first-order chi connectivity index (χ1) is 8.19. The van der Waals surface area contributed by atoms with E-state index in [4.69, 9.17) is 0 Å². The van der Waals surface area contributed by atoms with E-state index in [1.165, 1.54) is 19.3 Å². The topological polar surface area (TPSA) is 40.1 Å². The van der Waals surface area contributed by atoms with Gasteiger partial charge in [-0.3, -0.25) is 0 Å². The van der Waals surface area contributed by atoms with Crippen LogP contribution in [0.1, 0.15) is 55.5 Å². The number of benzene rings is 1. The van der Waals surface area contributed by atoms with E-state index in [1.807, 2.05) is 12.1 Å². The molecular formula is C15H21O2-. The highest BCUT2D eigenvalue weighted by Crippen LogP contribution is 2.20. The Bertz CT molecular complexity index is 358. The van der Waals surface area contributed by atoms with E-state index in [0.717, 1.165) is 18.4 Å². The Labute approximate surface area is 104 Å². The number of aromatic carboxylic acids is 1. The Morgan fingerprint density at radius 3 is 2.59 bits per heavy atom. The highest BCUT2D eigenvalue weighted by Gasteiger charge is 2.10. The minimum Gasteiger partial charge on any atom is -0.545 e. The molecule has 1 unspecified atom stereocenters. The van der Waals surface area contributed by atoms with Crippen molar-refractivity contribution in [3.05, 3.63) is 35.4 Å². The van der Waals surface area contributed by atoms with Crippen LogP contribution in [-0.4, -0.2) is 5.97 Å². The maximum atomic E-state index is 11.0. The van der Waals surface area contributed by atoms with E-state index >= 15 is 0 Å². The molecule has 0 heterocycles.